The van der Waals surface area contributed by atoms with E-state index in [0.717, 1.165) is 0 Å². The molecule has 0 unspecified atom stereocenters. The first-order valence-corrected chi connectivity index (χ1v) is 4.37. The molecule has 0 rings (SSSR count). The number of Topliss-reactive ketones (excluding diaryl/α,β-unsaturated/α-hetero) is 1. The van der Waals surface area contributed by atoms with Crippen LogP contribution >= 0.6 is 0 Å². The highest BCUT2D eigenvalue weighted by Crippen LogP contribution is 2.12. The number of hydrogen-bond donors (Lipinski definition) is 0. The fourth-order valence-electron chi connectivity index (χ4n) is 1.01. The predicted molar refractivity (Wildman–Crippen MR) is 56.9 cm³/mol. The molecule has 2 nitrogen and oxygen atoms in total. The van der Waals surface area contributed by atoms with Crippen molar-refractivity contribution in [2.75, 3.05) is 0 Å². The first kappa shape index (κ1) is 12.3. The quantitative estimate of drug-likeness (QED) is 0.379. The lowest BCUT2D eigenvalue weighted by molar-refractivity contribution is -0.116. The highest BCUT2D eigenvalue weighted by atomic mass is 16.1. The van der Waals surface area contributed by atoms with Gasteiger partial charge in [0.1, 0.15) is 0 Å². The van der Waals surface area contributed by atoms with E-state index >= 15 is 0 Å². The lowest BCUT2D eigenvalue weighted by atomic mass is 9.98. The van der Waals surface area contributed by atoms with Crippen LogP contribution in [0.1, 0.15) is 20.3 Å². The van der Waals surface area contributed by atoms with Gasteiger partial charge in [-0.05, 0) is 6.92 Å². The van der Waals surface area contributed by atoms with Gasteiger partial charge in [0.25, 0.3) is 0 Å². The molecule has 0 spiro atoms. The minimum atomic E-state index is -0.324. The smallest absolute Gasteiger partial charge is 0.193 e. The Morgan fingerprint density at radius 1 is 1.43 bits per heavy atom. The summed E-state index contributed by atoms with van der Waals surface area (Å²) in [5, 5.41) is 0. The number of carbonyl (C=O) groups excluding carboxylic acids is 2. The van der Waals surface area contributed by atoms with Gasteiger partial charge in [-0.1, -0.05) is 26.2 Å². The van der Waals surface area contributed by atoms with Gasteiger partial charge in [0, 0.05) is 23.6 Å². The van der Waals surface area contributed by atoms with Gasteiger partial charge in [0.15, 0.2) is 11.6 Å². The Kier molecular flexibility index (Phi) is 5.20. The van der Waals surface area contributed by atoms with Crippen LogP contribution in [-0.4, -0.2) is 11.6 Å². The van der Waals surface area contributed by atoms with Crippen molar-refractivity contribution in [2.24, 2.45) is 0 Å². The Morgan fingerprint density at radius 2 is 2.00 bits per heavy atom. The molecule has 0 saturated heterocycles. The Balaban J connectivity index is 4.91. The molecule has 0 aliphatic carbocycles. The number of carbonyl (C=O) groups is 2. The summed E-state index contributed by atoms with van der Waals surface area (Å²) in [5.74, 6) is -0.404. The molecule has 0 aromatic rings. The van der Waals surface area contributed by atoms with Crippen LogP contribution in [0.4, 0.5) is 0 Å². The number of rotatable bonds is 5. The van der Waals surface area contributed by atoms with Crippen LogP contribution in [0.3, 0.4) is 0 Å². The second-order valence-corrected chi connectivity index (χ2v) is 2.67. The normalized spacial score (nSPS) is 10.3. The van der Waals surface area contributed by atoms with Crippen LogP contribution < -0.4 is 0 Å². The van der Waals surface area contributed by atoms with E-state index in [2.05, 4.69) is 18.9 Å². The van der Waals surface area contributed by atoms with Crippen LogP contribution in [0.5, 0.6) is 0 Å². The van der Waals surface area contributed by atoms with Crippen molar-refractivity contribution in [3.8, 4) is 0 Å². The molecule has 0 saturated carbocycles. The molecule has 0 amide bonds. The minimum absolute atomic E-state index is 0.0803. The summed E-state index contributed by atoms with van der Waals surface area (Å²) < 4.78 is 0. The summed E-state index contributed by atoms with van der Waals surface area (Å²) in [6.07, 6.45) is 3.14. The first-order chi connectivity index (χ1) is 6.58. The predicted octanol–water partition coefficient (Wildman–Crippen LogP) is 2.38. The highest BCUT2D eigenvalue weighted by molar-refractivity contribution is 6.15. The van der Waals surface area contributed by atoms with Crippen LogP contribution in [0.15, 0.2) is 42.2 Å². The molecular weight excluding hydrogens is 176 g/mol. The van der Waals surface area contributed by atoms with E-state index in [0.29, 0.717) is 12.0 Å². The van der Waals surface area contributed by atoms with Crippen LogP contribution in [0.2, 0.25) is 0 Å². The fourth-order valence-corrected chi connectivity index (χ4v) is 1.01. The van der Waals surface area contributed by atoms with Gasteiger partial charge in [-0.3, -0.25) is 9.59 Å². The van der Waals surface area contributed by atoms with Gasteiger partial charge >= 0.3 is 0 Å². The molecule has 0 fully saturated rings. The van der Waals surface area contributed by atoms with E-state index in [1.165, 1.54) is 6.08 Å². The summed E-state index contributed by atoms with van der Waals surface area (Å²) in [6, 6.07) is 0. The highest BCUT2D eigenvalue weighted by Gasteiger charge is 2.14. The minimum Gasteiger partial charge on any atom is -0.294 e. The summed E-state index contributed by atoms with van der Waals surface area (Å²) in [6.45, 7) is 10.3. The van der Waals surface area contributed by atoms with E-state index in [-0.39, 0.29) is 17.1 Å². The SMILES string of the molecule is C=C=CC(=O)C(=C)C(=CC)C(=O)CC. The van der Waals surface area contributed by atoms with Crippen LogP contribution in [-0.2, 0) is 9.59 Å². The van der Waals surface area contributed by atoms with Crippen molar-refractivity contribution in [1.82, 2.24) is 0 Å². The van der Waals surface area contributed by atoms with Crippen molar-refractivity contribution in [3.63, 3.8) is 0 Å². The van der Waals surface area contributed by atoms with Gasteiger partial charge in [-0.15, -0.1) is 5.73 Å². The van der Waals surface area contributed by atoms with Crippen LogP contribution in [0, 0.1) is 0 Å². The van der Waals surface area contributed by atoms with Crippen molar-refractivity contribution < 1.29 is 9.59 Å². The molecule has 0 bridgehead atoms. The van der Waals surface area contributed by atoms with E-state index in [9.17, 15) is 9.59 Å². The molecule has 0 aromatic carbocycles. The zero-order valence-electron chi connectivity index (χ0n) is 8.59. The third-order valence-electron chi connectivity index (χ3n) is 1.77. The van der Waals surface area contributed by atoms with Crippen molar-refractivity contribution in [1.29, 1.82) is 0 Å². The van der Waals surface area contributed by atoms with Gasteiger partial charge in [0.05, 0.1) is 0 Å². The maximum Gasteiger partial charge on any atom is 0.193 e. The van der Waals surface area contributed by atoms with Gasteiger partial charge in [-0.25, -0.2) is 0 Å². The molecule has 14 heavy (non-hydrogen) atoms. The lowest BCUT2D eigenvalue weighted by Gasteiger charge is -2.04. The van der Waals surface area contributed by atoms with E-state index in [1.54, 1.807) is 19.9 Å². The zero-order chi connectivity index (χ0) is 11.1. The molecule has 0 aliphatic heterocycles. The van der Waals surface area contributed by atoms with E-state index in [1.807, 2.05) is 0 Å². The molecule has 2 heteroatoms. The van der Waals surface area contributed by atoms with Crippen molar-refractivity contribution >= 4 is 11.6 Å². The molecule has 74 valence electrons. The van der Waals surface area contributed by atoms with E-state index < -0.39 is 0 Å². The van der Waals surface area contributed by atoms with Crippen molar-refractivity contribution in [2.45, 2.75) is 20.3 Å². The van der Waals surface area contributed by atoms with E-state index in [4.69, 9.17) is 0 Å². The summed E-state index contributed by atoms with van der Waals surface area (Å²) in [7, 11) is 0. The number of hydrogen-bond acceptors (Lipinski definition) is 2. The molecule has 0 N–H and O–H groups in total. The molecule has 0 aromatic heterocycles. The third kappa shape index (κ3) is 3.00. The largest absolute Gasteiger partial charge is 0.294 e. The Morgan fingerprint density at radius 3 is 2.36 bits per heavy atom. The Labute approximate surface area is 84.3 Å². The second-order valence-electron chi connectivity index (χ2n) is 2.67. The zero-order valence-corrected chi connectivity index (χ0v) is 8.59. The topological polar surface area (TPSA) is 34.1 Å². The van der Waals surface area contributed by atoms with Crippen LogP contribution in [0.25, 0.3) is 0 Å². The average Bonchev–Trinajstić information content (AvgIpc) is 2.18. The van der Waals surface area contributed by atoms with Crippen molar-refractivity contribution in [3.05, 3.63) is 42.2 Å². The lowest BCUT2D eigenvalue weighted by Crippen LogP contribution is -2.08. The molecule has 0 radical (unpaired) electrons. The van der Waals surface area contributed by atoms with Gasteiger partial charge in [0.2, 0.25) is 0 Å². The number of allylic oxidation sites excluding steroid dienone is 4. The van der Waals surface area contributed by atoms with Gasteiger partial charge in [-0.2, -0.15) is 0 Å². The molecule has 0 heterocycles. The maximum absolute atomic E-state index is 11.4. The molecule has 0 aliphatic rings. The second kappa shape index (κ2) is 5.90. The third-order valence-corrected chi connectivity index (χ3v) is 1.77. The molecular formula is C12H14O2. The maximum atomic E-state index is 11.4. The summed E-state index contributed by atoms with van der Waals surface area (Å²) >= 11 is 0. The monoisotopic (exact) mass is 190 g/mol. The molecule has 0 atom stereocenters. The van der Waals surface area contributed by atoms with Gasteiger partial charge < -0.3 is 0 Å². The average molecular weight is 190 g/mol. The standard InChI is InChI=1S/C12H14O2/c1-5-8-12(14)9(4)10(6-2)11(13)7-3/h6,8H,1,4,7H2,2-3H3. The first-order valence-electron chi connectivity index (χ1n) is 4.37. The fraction of sp³-hybridized carbons (Fsp3) is 0.250. The summed E-state index contributed by atoms with van der Waals surface area (Å²) in [4.78, 5) is 22.7. The Hall–Kier alpha value is -1.66. The summed E-state index contributed by atoms with van der Waals surface area (Å²) in [5.41, 5.74) is 2.94. The Bertz CT molecular complexity index is 339. The number of ketones is 2.